The maximum absolute atomic E-state index is 13.2. The van der Waals surface area contributed by atoms with Gasteiger partial charge in [-0.1, -0.05) is 23.2 Å². The Bertz CT molecular complexity index is 572. The first kappa shape index (κ1) is 13.8. The van der Waals surface area contributed by atoms with E-state index in [1.165, 1.54) is 18.3 Å². The largest absolute Gasteiger partial charge is 0.354 e. The summed E-state index contributed by atoms with van der Waals surface area (Å²) in [7, 11) is 0. The fraction of sp³-hybridized carbons (Fsp3) is 0.167. The lowest BCUT2D eigenvalue weighted by molar-refractivity contribution is 0.628. The van der Waals surface area contributed by atoms with E-state index in [2.05, 4.69) is 20.6 Å². The van der Waals surface area contributed by atoms with Crippen molar-refractivity contribution >= 4 is 40.7 Å². The van der Waals surface area contributed by atoms with Gasteiger partial charge in [-0.3, -0.25) is 0 Å². The van der Waals surface area contributed by atoms with Gasteiger partial charge in [-0.05, 0) is 25.1 Å². The average molecular weight is 301 g/mol. The number of nitrogens with zero attached hydrogens (tertiary/aromatic N) is 2. The van der Waals surface area contributed by atoms with Crippen molar-refractivity contribution in [3.8, 4) is 0 Å². The zero-order valence-electron chi connectivity index (χ0n) is 10.0. The number of benzene rings is 1. The molecule has 0 aliphatic carbocycles. The van der Waals surface area contributed by atoms with Crippen molar-refractivity contribution in [3.05, 3.63) is 40.3 Å². The van der Waals surface area contributed by atoms with Gasteiger partial charge in [-0.2, -0.15) is 4.98 Å². The van der Waals surface area contributed by atoms with Gasteiger partial charge in [0.05, 0.1) is 6.20 Å². The van der Waals surface area contributed by atoms with Gasteiger partial charge in [-0.15, -0.1) is 0 Å². The molecule has 0 radical (unpaired) electrons. The van der Waals surface area contributed by atoms with Crippen molar-refractivity contribution in [2.24, 2.45) is 0 Å². The van der Waals surface area contributed by atoms with Crippen LogP contribution in [0.15, 0.2) is 24.4 Å². The van der Waals surface area contributed by atoms with Crippen molar-refractivity contribution in [2.45, 2.75) is 6.92 Å². The fourth-order valence-electron chi connectivity index (χ4n) is 1.46. The van der Waals surface area contributed by atoms with Gasteiger partial charge in [0.25, 0.3) is 0 Å². The molecule has 0 amide bonds. The van der Waals surface area contributed by atoms with E-state index < -0.39 is 5.82 Å². The number of hydrogen-bond donors (Lipinski definition) is 2. The lowest BCUT2D eigenvalue weighted by Gasteiger charge is -2.09. The Hall–Kier alpha value is -1.59. The lowest BCUT2D eigenvalue weighted by Crippen LogP contribution is -2.04. The Morgan fingerprint density at radius 2 is 2.05 bits per heavy atom. The zero-order chi connectivity index (χ0) is 13.8. The molecule has 2 aromatic rings. The molecule has 2 N–H and O–H groups in total. The van der Waals surface area contributed by atoms with Crippen LogP contribution in [0.2, 0.25) is 10.0 Å². The lowest BCUT2D eigenvalue weighted by atomic mass is 10.3. The van der Waals surface area contributed by atoms with E-state index in [0.717, 1.165) is 0 Å². The summed E-state index contributed by atoms with van der Waals surface area (Å²) in [6.45, 7) is 2.62. The molecule has 4 nitrogen and oxygen atoms in total. The van der Waals surface area contributed by atoms with Crippen molar-refractivity contribution in [2.75, 3.05) is 17.2 Å². The van der Waals surface area contributed by atoms with Crippen molar-refractivity contribution in [1.29, 1.82) is 0 Å². The van der Waals surface area contributed by atoms with Crippen LogP contribution in [0.5, 0.6) is 0 Å². The second kappa shape index (κ2) is 6.04. The highest BCUT2D eigenvalue weighted by molar-refractivity contribution is 6.33. The highest BCUT2D eigenvalue weighted by Gasteiger charge is 2.07. The molecule has 0 aliphatic heterocycles. The number of aromatic nitrogens is 2. The SMILES string of the molecule is CCNc1ncc(Cl)c(Nc2cc(F)cc(Cl)c2)n1. The highest BCUT2D eigenvalue weighted by atomic mass is 35.5. The van der Waals surface area contributed by atoms with Crippen molar-refractivity contribution in [1.82, 2.24) is 9.97 Å². The molecular weight excluding hydrogens is 290 g/mol. The molecule has 1 heterocycles. The molecule has 0 saturated heterocycles. The molecule has 1 aromatic carbocycles. The number of halogens is 3. The Labute approximate surface area is 120 Å². The minimum atomic E-state index is -0.438. The molecule has 0 atom stereocenters. The number of anilines is 3. The van der Waals surface area contributed by atoms with E-state index in [-0.39, 0.29) is 0 Å². The first-order valence-corrected chi connectivity index (χ1v) is 6.33. The van der Waals surface area contributed by atoms with Gasteiger partial charge in [0.15, 0.2) is 5.82 Å². The molecule has 0 fully saturated rings. The number of hydrogen-bond acceptors (Lipinski definition) is 4. The molecule has 0 bridgehead atoms. The summed E-state index contributed by atoms with van der Waals surface area (Å²) >= 11 is 11.8. The van der Waals surface area contributed by atoms with E-state index in [4.69, 9.17) is 23.2 Å². The maximum Gasteiger partial charge on any atom is 0.224 e. The van der Waals surface area contributed by atoms with Crippen LogP contribution in [0.25, 0.3) is 0 Å². The molecule has 0 unspecified atom stereocenters. The van der Waals surface area contributed by atoms with Crippen molar-refractivity contribution < 1.29 is 4.39 Å². The molecule has 100 valence electrons. The molecule has 7 heteroatoms. The van der Waals surface area contributed by atoms with Crippen LogP contribution in [0, 0.1) is 5.82 Å². The van der Waals surface area contributed by atoms with Crippen molar-refractivity contribution in [3.63, 3.8) is 0 Å². The number of nitrogens with one attached hydrogen (secondary N) is 2. The van der Waals surface area contributed by atoms with E-state index in [1.807, 2.05) is 6.92 Å². The minimum absolute atomic E-state index is 0.291. The second-order valence-corrected chi connectivity index (χ2v) is 4.55. The Kier molecular flexibility index (Phi) is 4.39. The third-order valence-corrected chi connectivity index (χ3v) is 2.70. The number of rotatable bonds is 4. The van der Waals surface area contributed by atoms with Crippen LogP contribution in [0.4, 0.5) is 21.8 Å². The first-order valence-electron chi connectivity index (χ1n) is 5.58. The monoisotopic (exact) mass is 300 g/mol. The van der Waals surface area contributed by atoms with Crippen LogP contribution in [-0.2, 0) is 0 Å². The van der Waals surface area contributed by atoms with Gasteiger partial charge in [0, 0.05) is 17.3 Å². The molecule has 0 spiro atoms. The molecule has 1 aromatic heterocycles. The fourth-order valence-corrected chi connectivity index (χ4v) is 1.82. The van der Waals surface area contributed by atoms with Gasteiger partial charge in [0.2, 0.25) is 5.95 Å². The van der Waals surface area contributed by atoms with Gasteiger partial charge < -0.3 is 10.6 Å². The predicted octanol–water partition coefficient (Wildman–Crippen LogP) is 4.10. The Morgan fingerprint density at radius 3 is 2.74 bits per heavy atom. The normalized spacial score (nSPS) is 10.3. The Morgan fingerprint density at radius 1 is 1.26 bits per heavy atom. The summed E-state index contributed by atoms with van der Waals surface area (Å²) in [5.74, 6) is 0.387. The minimum Gasteiger partial charge on any atom is -0.354 e. The van der Waals surface area contributed by atoms with E-state index in [0.29, 0.717) is 34.0 Å². The summed E-state index contributed by atoms with van der Waals surface area (Å²) in [5, 5.41) is 6.49. The topological polar surface area (TPSA) is 49.8 Å². The molecule has 0 aliphatic rings. The summed E-state index contributed by atoms with van der Waals surface area (Å²) in [4.78, 5) is 8.20. The van der Waals surface area contributed by atoms with Gasteiger partial charge in [-0.25, -0.2) is 9.37 Å². The average Bonchev–Trinajstić information content (AvgIpc) is 2.32. The van der Waals surface area contributed by atoms with Crippen LogP contribution in [0.1, 0.15) is 6.92 Å². The highest BCUT2D eigenvalue weighted by Crippen LogP contribution is 2.26. The van der Waals surface area contributed by atoms with Crippen LogP contribution in [0.3, 0.4) is 0 Å². The summed E-state index contributed by atoms with van der Waals surface area (Å²) in [6, 6.07) is 4.10. The second-order valence-electron chi connectivity index (χ2n) is 3.70. The van der Waals surface area contributed by atoms with Crippen LogP contribution >= 0.6 is 23.2 Å². The van der Waals surface area contributed by atoms with E-state index in [1.54, 1.807) is 6.07 Å². The molecule has 2 rings (SSSR count). The van der Waals surface area contributed by atoms with E-state index in [9.17, 15) is 4.39 Å². The Balaban J connectivity index is 2.28. The third-order valence-electron chi connectivity index (χ3n) is 2.20. The summed E-state index contributed by atoms with van der Waals surface area (Å²) in [5.41, 5.74) is 0.466. The van der Waals surface area contributed by atoms with Crippen LogP contribution in [-0.4, -0.2) is 16.5 Å². The third kappa shape index (κ3) is 3.68. The first-order chi connectivity index (χ1) is 9.08. The van der Waals surface area contributed by atoms with E-state index >= 15 is 0 Å². The zero-order valence-corrected chi connectivity index (χ0v) is 11.6. The molecule has 19 heavy (non-hydrogen) atoms. The van der Waals surface area contributed by atoms with Crippen LogP contribution < -0.4 is 10.6 Å². The molecular formula is C12H11Cl2FN4. The quantitative estimate of drug-likeness (QED) is 0.892. The maximum atomic E-state index is 13.2. The standard InChI is InChI=1S/C12H11Cl2FN4/c1-2-16-12-17-6-10(14)11(19-12)18-9-4-7(13)3-8(15)5-9/h3-6H,2H2,1H3,(H2,16,17,18,19). The van der Waals surface area contributed by atoms with Gasteiger partial charge >= 0.3 is 0 Å². The summed E-state index contributed by atoms with van der Waals surface area (Å²) < 4.78 is 13.2. The molecule has 0 saturated carbocycles. The smallest absolute Gasteiger partial charge is 0.224 e. The summed E-state index contributed by atoms with van der Waals surface area (Å²) in [6.07, 6.45) is 1.47. The van der Waals surface area contributed by atoms with Gasteiger partial charge in [0.1, 0.15) is 10.8 Å². The predicted molar refractivity (Wildman–Crippen MR) is 75.9 cm³/mol.